The van der Waals surface area contributed by atoms with Crippen molar-refractivity contribution >= 4 is 11.9 Å². The maximum atomic E-state index is 11.9. The Bertz CT molecular complexity index is 304. The zero-order chi connectivity index (χ0) is 13.1. The van der Waals surface area contributed by atoms with Crippen LogP contribution in [-0.2, 0) is 14.3 Å². The standard InChI is InChI=1S/C11H20N2O4/c1-11(2)10(16)12-6-8(9(14)15)7-13(11)4-5-17-3/h8H,4-7H2,1-3H3,(H,12,16)(H,14,15). The Kier molecular flexibility index (Phi) is 4.47. The molecule has 0 aromatic carbocycles. The normalized spacial score (nSPS) is 25.1. The third-order valence-electron chi connectivity index (χ3n) is 3.21. The Morgan fingerprint density at radius 3 is 2.82 bits per heavy atom. The van der Waals surface area contributed by atoms with Crippen LogP contribution in [0.4, 0.5) is 0 Å². The van der Waals surface area contributed by atoms with E-state index >= 15 is 0 Å². The molecular formula is C11H20N2O4. The molecule has 0 spiro atoms. The van der Waals surface area contributed by atoms with Gasteiger partial charge in [-0.2, -0.15) is 0 Å². The highest BCUT2D eigenvalue weighted by Crippen LogP contribution is 2.19. The molecule has 98 valence electrons. The number of carbonyl (C=O) groups excluding carboxylic acids is 1. The van der Waals surface area contributed by atoms with Gasteiger partial charge in [-0.1, -0.05) is 0 Å². The van der Waals surface area contributed by atoms with Crippen LogP contribution in [0.3, 0.4) is 0 Å². The number of nitrogens with one attached hydrogen (secondary N) is 1. The molecule has 6 nitrogen and oxygen atoms in total. The SMILES string of the molecule is COCCN1CC(C(=O)O)CNC(=O)C1(C)C. The lowest BCUT2D eigenvalue weighted by Gasteiger charge is -2.35. The first kappa shape index (κ1) is 13.9. The fourth-order valence-corrected chi connectivity index (χ4v) is 1.87. The summed E-state index contributed by atoms with van der Waals surface area (Å²) in [6, 6.07) is 0. The first-order valence-corrected chi connectivity index (χ1v) is 5.64. The second kappa shape index (κ2) is 5.46. The highest BCUT2D eigenvalue weighted by molar-refractivity contribution is 5.86. The van der Waals surface area contributed by atoms with Crippen molar-refractivity contribution in [3.05, 3.63) is 0 Å². The van der Waals surface area contributed by atoms with Crippen LogP contribution in [0.25, 0.3) is 0 Å². The molecule has 6 heteroatoms. The average Bonchev–Trinajstić information content (AvgIpc) is 2.36. The molecule has 1 fully saturated rings. The third kappa shape index (κ3) is 3.17. The van der Waals surface area contributed by atoms with Crippen LogP contribution >= 0.6 is 0 Å². The van der Waals surface area contributed by atoms with Gasteiger partial charge in [-0.05, 0) is 13.8 Å². The quantitative estimate of drug-likeness (QED) is 0.700. The molecule has 1 saturated heterocycles. The fraction of sp³-hybridized carbons (Fsp3) is 0.818. The van der Waals surface area contributed by atoms with Crippen molar-refractivity contribution in [2.45, 2.75) is 19.4 Å². The number of rotatable bonds is 4. The van der Waals surface area contributed by atoms with Crippen LogP contribution in [0, 0.1) is 5.92 Å². The minimum Gasteiger partial charge on any atom is -0.481 e. The van der Waals surface area contributed by atoms with Crippen LogP contribution in [0.15, 0.2) is 0 Å². The van der Waals surface area contributed by atoms with Crippen molar-refractivity contribution in [1.29, 1.82) is 0 Å². The average molecular weight is 244 g/mol. The Hall–Kier alpha value is -1.14. The Balaban J connectivity index is 2.84. The van der Waals surface area contributed by atoms with E-state index in [-0.39, 0.29) is 12.5 Å². The Labute approximate surface area is 101 Å². The summed E-state index contributed by atoms with van der Waals surface area (Å²) < 4.78 is 4.99. The number of ether oxygens (including phenoxy) is 1. The molecule has 0 aromatic heterocycles. The van der Waals surface area contributed by atoms with Gasteiger partial charge in [0.25, 0.3) is 0 Å². The van der Waals surface area contributed by atoms with Crippen molar-refractivity contribution in [1.82, 2.24) is 10.2 Å². The molecule has 17 heavy (non-hydrogen) atoms. The molecular weight excluding hydrogens is 224 g/mol. The van der Waals surface area contributed by atoms with E-state index in [1.807, 2.05) is 4.90 Å². The second-order valence-corrected chi connectivity index (χ2v) is 4.74. The van der Waals surface area contributed by atoms with Gasteiger partial charge >= 0.3 is 5.97 Å². The second-order valence-electron chi connectivity index (χ2n) is 4.74. The predicted octanol–water partition coefficient (Wildman–Crippen LogP) is -0.456. The topological polar surface area (TPSA) is 78.9 Å². The zero-order valence-electron chi connectivity index (χ0n) is 10.5. The van der Waals surface area contributed by atoms with Gasteiger partial charge in [0.2, 0.25) is 5.91 Å². The summed E-state index contributed by atoms with van der Waals surface area (Å²) in [6.07, 6.45) is 0. The summed E-state index contributed by atoms with van der Waals surface area (Å²) in [5, 5.41) is 11.7. The predicted molar refractivity (Wildman–Crippen MR) is 61.7 cm³/mol. The molecule has 1 amide bonds. The summed E-state index contributed by atoms with van der Waals surface area (Å²) in [4.78, 5) is 24.8. The molecule has 0 radical (unpaired) electrons. The highest BCUT2D eigenvalue weighted by Gasteiger charge is 2.39. The molecule has 0 saturated carbocycles. The summed E-state index contributed by atoms with van der Waals surface area (Å²) in [7, 11) is 1.58. The van der Waals surface area contributed by atoms with E-state index in [0.717, 1.165) is 0 Å². The first-order chi connectivity index (χ1) is 7.89. The van der Waals surface area contributed by atoms with Crippen molar-refractivity contribution in [2.75, 3.05) is 33.4 Å². The zero-order valence-corrected chi connectivity index (χ0v) is 10.5. The number of carboxylic acid groups (broad SMARTS) is 1. The number of carboxylic acids is 1. The summed E-state index contributed by atoms with van der Waals surface area (Å²) in [6.45, 7) is 5.14. The van der Waals surface area contributed by atoms with E-state index < -0.39 is 17.4 Å². The molecule has 1 heterocycles. The van der Waals surface area contributed by atoms with Crippen LogP contribution in [0.2, 0.25) is 0 Å². The largest absolute Gasteiger partial charge is 0.481 e. The molecule has 0 aromatic rings. The molecule has 2 N–H and O–H groups in total. The molecule has 0 aliphatic carbocycles. The van der Waals surface area contributed by atoms with Gasteiger partial charge in [-0.25, -0.2) is 0 Å². The maximum absolute atomic E-state index is 11.9. The van der Waals surface area contributed by atoms with Gasteiger partial charge in [0.05, 0.1) is 18.1 Å². The molecule has 1 atom stereocenters. The summed E-state index contributed by atoms with van der Waals surface area (Å²) in [5.41, 5.74) is -0.706. The Morgan fingerprint density at radius 2 is 2.29 bits per heavy atom. The lowest BCUT2D eigenvalue weighted by Crippen LogP contribution is -2.53. The van der Waals surface area contributed by atoms with Gasteiger partial charge < -0.3 is 15.2 Å². The van der Waals surface area contributed by atoms with Gasteiger partial charge in [-0.3, -0.25) is 14.5 Å². The lowest BCUT2D eigenvalue weighted by molar-refractivity contribution is -0.142. The van der Waals surface area contributed by atoms with Crippen LogP contribution < -0.4 is 5.32 Å². The van der Waals surface area contributed by atoms with Gasteiger partial charge in [0.1, 0.15) is 0 Å². The van der Waals surface area contributed by atoms with Gasteiger partial charge in [0, 0.05) is 26.7 Å². The van der Waals surface area contributed by atoms with E-state index in [2.05, 4.69) is 5.32 Å². The van der Waals surface area contributed by atoms with Gasteiger partial charge in [0.15, 0.2) is 0 Å². The van der Waals surface area contributed by atoms with E-state index in [1.54, 1.807) is 21.0 Å². The maximum Gasteiger partial charge on any atom is 0.309 e. The highest BCUT2D eigenvalue weighted by atomic mass is 16.5. The Morgan fingerprint density at radius 1 is 1.65 bits per heavy atom. The van der Waals surface area contributed by atoms with Crippen molar-refractivity contribution in [3.63, 3.8) is 0 Å². The smallest absolute Gasteiger partial charge is 0.309 e. The van der Waals surface area contributed by atoms with E-state index in [0.29, 0.717) is 19.7 Å². The number of hydrogen-bond acceptors (Lipinski definition) is 4. The number of aliphatic carboxylic acids is 1. The minimum absolute atomic E-state index is 0.141. The summed E-state index contributed by atoms with van der Waals surface area (Å²) in [5.74, 6) is -1.60. The third-order valence-corrected chi connectivity index (χ3v) is 3.21. The molecule has 1 rings (SSSR count). The van der Waals surface area contributed by atoms with E-state index in [4.69, 9.17) is 9.84 Å². The number of hydrogen-bond donors (Lipinski definition) is 2. The number of carbonyl (C=O) groups is 2. The van der Waals surface area contributed by atoms with E-state index in [1.165, 1.54) is 0 Å². The van der Waals surface area contributed by atoms with Crippen LogP contribution in [0.5, 0.6) is 0 Å². The molecule has 1 aliphatic rings. The lowest BCUT2D eigenvalue weighted by atomic mass is 10.0. The first-order valence-electron chi connectivity index (χ1n) is 5.64. The minimum atomic E-state index is -0.884. The number of nitrogens with zero attached hydrogens (tertiary/aromatic N) is 1. The van der Waals surface area contributed by atoms with Crippen molar-refractivity contribution < 1.29 is 19.4 Å². The van der Waals surface area contributed by atoms with Gasteiger partial charge in [-0.15, -0.1) is 0 Å². The molecule has 0 bridgehead atoms. The fourth-order valence-electron chi connectivity index (χ4n) is 1.87. The summed E-state index contributed by atoms with van der Waals surface area (Å²) >= 11 is 0. The van der Waals surface area contributed by atoms with Crippen LogP contribution in [-0.4, -0.2) is 60.8 Å². The van der Waals surface area contributed by atoms with E-state index in [9.17, 15) is 9.59 Å². The monoisotopic (exact) mass is 244 g/mol. The van der Waals surface area contributed by atoms with Crippen LogP contribution in [0.1, 0.15) is 13.8 Å². The molecule has 1 aliphatic heterocycles. The van der Waals surface area contributed by atoms with Crippen molar-refractivity contribution in [2.24, 2.45) is 5.92 Å². The van der Waals surface area contributed by atoms with Crippen molar-refractivity contribution in [3.8, 4) is 0 Å². The number of methoxy groups -OCH3 is 1. The molecule has 1 unspecified atom stereocenters. The number of amides is 1.